The van der Waals surface area contributed by atoms with E-state index in [9.17, 15) is 0 Å². The van der Waals surface area contributed by atoms with Crippen LogP contribution < -0.4 is 7.16 Å². The van der Waals surface area contributed by atoms with Crippen LogP contribution in [-0.4, -0.2) is 35.3 Å². The molecule has 21 heavy (non-hydrogen) atoms. The Bertz CT molecular complexity index is 516. The van der Waals surface area contributed by atoms with Gasteiger partial charge in [-0.25, -0.2) is 0 Å². The van der Waals surface area contributed by atoms with Gasteiger partial charge in [0.25, 0.3) is 0 Å². The normalized spacial score (nSPS) is 17.0. The second-order valence-electron chi connectivity index (χ2n) is 5.00. The van der Waals surface area contributed by atoms with Crippen molar-refractivity contribution in [1.29, 1.82) is 0 Å². The average Bonchev–Trinajstić information content (AvgIpc) is 2.56. The van der Waals surface area contributed by atoms with Gasteiger partial charge in [0.2, 0.25) is 0 Å². The van der Waals surface area contributed by atoms with E-state index >= 15 is 0 Å². The van der Waals surface area contributed by atoms with E-state index < -0.39 is 35.3 Å². The molecule has 2 aromatic rings. The Hall–Kier alpha value is 0.577. The molecule has 2 rings (SSSR count). The predicted molar refractivity (Wildman–Crippen MR) is 97.4 cm³/mol. The van der Waals surface area contributed by atoms with Crippen LogP contribution in [0.4, 0.5) is 0 Å². The van der Waals surface area contributed by atoms with Crippen molar-refractivity contribution in [2.24, 2.45) is 0 Å². The predicted octanol–water partition coefficient (Wildman–Crippen LogP) is 4.22. The van der Waals surface area contributed by atoms with Crippen LogP contribution in [-0.2, 0) is 1.41 Å². The van der Waals surface area contributed by atoms with Crippen molar-refractivity contribution in [1.82, 2.24) is 0 Å². The fourth-order valence-electron chi connectivity index (χ4n) is 2.30. The minimum atomic E-state index is -3.36. The van der Waals surface area contributed by atoms with Crippen LogP contribution in [0.15, 0.2) is 60.7 Å². The minimum absolute atomic E-state index is 0.887. The zero-order valence-electron chi connectivity index (χ0n) is 12.4. The summed E-state index contributed by atoms with van der Waals surface area (Å²) in [5.74, 6) is 0. The second-order valence-corrected chi connectivity index (χ2v) is 33.3. The van der Waals surface area contributed by atoms with Gasteiger partial charge in [-0.1, -0.05) is 0 Å². The van der Waals surface area contributed by atoms with E-state index in [2.05, 4.69) is 38.1 Å². The van der Waals surface area contributed by atoms with E-state index in [1.54, 1.807) is 0 Å². The van der Waals surface area contributed by atoms with Crippen LogP contribution in [0.1, 0.15) is 13.8 Å². The summed E-state index contributed by atoms with van der Waals surface area (Å²) in [7, 11) is 14.0. The number of benzene rings is 2. The Balaban J connectivity index is 2.36. The summed E-state index contributed by atoms with van der Waals surface area (Å²) >= 11 is -6.71. The first-order chi connectivity index (χ1) is 10.0. The summed E-state index contributed by atoms with van der Waals surface area (Å²) < 4.78 is 10.8. The van der Waals surface area contributed by atoms with E-state index in [0.29, 0.717) is 0 Å². The topological polar surface area (TPSA) is 9.23 Å². The van der Waals surface area contributed by atoms with Crippen molar-refractivity contribution >= 4 is 60.3 Å². The SMILES string of the molecule is C[CH2][Sn]([Cl])([O][Sn]([Cl])([CH2]C)[c]1ccccc1)[c]1ccccc1. The first-order valence-corrected chi connectivity index (χ1v) is 23.7. The monoisotopic (exact) mass is 538 g/mol. The van der Waals surface area contributed by atoms with Crippen LogP contribution in [0.2, 0.25) is 8.87 Å². The van der Waals surface area contributed by atoms with Crippen LogP contribution in [0.25, 0.3) is 0 Å². The molecule has 0 bridgehead atoms. The first-order valence-electron chi connectivity index (χ1n) is 7.23. The molecule has 0 fully saturated rings. The quantitative estimate of drug-likeness (QED) is 0.503. The van der Waals surface area contributed by atoms with Crippen molar-refractivity contribution < 1.29 is 1.41 Å². The Morgan fingerprint density at radius 2 is 1.05 bits per heavy atom. The molecular weight excluding hydrogens is 517 g/mol. The molecule has 0 N–H and O–H groups in total. The van der Waals surface area contributed by atoms with Gasteiger partial charge < -0.3 is 0 Å². The fourth-order valence-corrected chi connectivity index (χ4v) is 46.7. The maximum atomic E-state index is 7.02. The molecule has 2 atom stereocenters. The number of hydrogen-bond donors (Lipinski definition) is 0. The first kappa shape index (κ1) is 17.9. The molecule has 112 valence electrons. The Morgan fingerprint density at radius 3 is 1.33 bits per heavy atom. The molecule has 0 heterocycles. The standard InChI is InChI=1S/2C6H5.2C2H5.2ClH.O.2Sn/c2*1-2-4-6-5-3-1;2*1-2;;;;;/h2*1-5H;2*1H2,2H3;2*1H;;;/q;;;;;;;2*+1/p-2. The third-order valence-electron chi connectivity index (χ3n) is 3.64. The van der Waals surface area contributed by atoms with Gasteiger partial charge in [0.05, 0.1) is 0 Å². The molecule has 0 saturated carbocycles. The van der Waals surface area contributed by atoms with Crippen molar-refractivity contribution in [2.45, 2.75) is 22.7 Å². The fraction of sp³-hybridized carbons (Fsp3) is 0.250. The molecule has 0 aliphatic heterocycles. The van der Waals surface area contributed by atoms with Gasteiger partial charge in [0, 0.05) is 0 Å². The molecule has 0 saturated heterocycles. The van der Waals surface area contributed by atoms with Gasteiger partial charge in [0.1, 0.15) is 0 Å². The van der Waals surface area contributed by atoms with E-state index in [1.807, 2.05) is 36.4 Å². The molecule has 0 spiro atoms. The van der Waals surface area contributed by atoms with Crippen molar-refractivity contribution in [3.63, 3.8) is 0 Å². The summed E-state index contributed by atoms with van der Waals surface area (Å²) in [5, 5.41) is 0. The van der Waals surface area contributed by atoms with Crippen LogP contribution in [0.3, 0.4) is 0 Å². The molecule has 1 nitrogen and oxygen atoms in total. The van der Waals surface area contributed by atoms with Crippen molar-refractivity contribution in [3.05, 3.63) is 60.7 Å². The number of halogens is 2. The summed E-state index contributed by atoms with van der Waals surface area (Å²) in [6.45, 7) is 4.25. The number of rotatable bonds is 6. The molecule has 2 aromatic carbocycles. The van der Waals surface area contributed by atoms with Crippen LogP contribution in [0, 0.1) is 0 Å². The summed E-state index contributed by atoms with van der Waals surface area (Å²) in [4.78, 5) is 0. The zero-order chi connectivity index (χ0) is 15.3. The molecule has 2 unspecified atom stereocenters. The Kier molecular flexibility index (Phi) is 6.75. The summed E-state index contributed by atoms with van der Waals surface area (Å²) in [5.41, 5.74) is 0. The number of hydrogen-bond acceptors (Lipinski definition) is 1. The molecular formula is C16H20Cl2OSn2. The van der Waals surface area contributed by atoms with E-state index in [0.717, 1.165) is 8.87 Å². The third-order valence-corrected chi connectivity index (χ3v) is 43.4. The average molecular weight is 537 g/mol. The van der Waals surface area contributed by atoms with E-state index in [4.69, 9.17) is 19.3 Å². The van der Waals surface area contributed by atoms with E-state index in [-0.39, 0.29) is 0 Å². The van der Waals surface area contributed by atoms with Gasteiger partial charge in [-0.3, -0.25) is 0 Å². The van der Waals surface area contributed by atoms with Crippen molar-refractivity contribution in [3.8, 4) is 0 Å². The van der Waals surface area contributed by atoms with Gasteiger partial charge in [-0.2, -0.15) is 0 Å². The van der Waals surface area contributed by atoms with Gasteiger partial charge >= 0.3 is 145 Å². The molecule has 0 aromatic heterocycles. The van der Waals surface area contributed by atoms with E-state index in [1.165, 1.54) is 7.16 Å². The molecule has 0 radical (unpaired) electrons. The maximum absolute atomic E-state index is 7.02. The molecule has 0 aliphatic carbocycles. The van der Waals surface area contributed by atoms with Gasteiger partial charge in [-0.05, 0) is 0 Å². The summed E-state index contributed by atoms with van der Waals surface area (Å²) in [6, 6.07) is 20.5. The van der Waals surface area contributed by atoms with Gasteiger partial charge in [-0.15, -0.1) is 0 Å². The molecule has 0 aliphatic rings. The second kappa shape index (κ2) is 7.91. The molecule has 5 heteroatoms. The molecule has 0 amide bonds. The Labute approximate surface area is 143 Å². The van der Waals surface area contributed by atoms with Gasteiger partial charge in [0.15, 0.2) is 0 Å². The Morgan fingerprint density at radius 1 is 0.714 bits per heavy atom. The van der Waals surface area contributed by atoms with Crippen molar-refractivity contribution in [2.75, 3.05) is 0 Å². The zero-order valence-corrected chi connectivity index (χ0v) is 19.6. The third kappa shape index (κ3) is 4.31. The summed E-state index contributed by atoms with van der Waals surface area (Å²) in [6.07, 6.45) is 0. The van der Waals surface area contributed by atoms with Crippen LogP contribution in [0.5, 0.6) is 0 Å². The van der Waals surface area contributed by atoms with Crippen LogP contribution >= 0.6 is 17.8 Å².